The number of sulfone groups is 1. The highest BCUT2D eigenvalue weighted by atomic mass is 32.2. The lowest BCUT2D eigenvalue weighted by Crippen LogP contribution is -2.23. The standard InChI is InChI=1S/C7H13NO2S/c9-11(10)4-3-8-5-7(6-11)1-2-7/h8H,1-6H2. The van der Waals surface area contributed by atoms with Gasteiger partial charge in [0.25, 0.3) is 0 Å². The van der Waals surface area contributed by atoms with Crippen LogP contribution in [0, 0.1) is 5.41 Å². The van der Waals surface area contributed by atoms with Crippen LogP contribution >= 0.6 is 0 Å². The van der Waals surface area contributed by atoms with Crippen molar-refractivity contribution in [3.63, 3.8) is 0 Å². The Balaban J connectivity index is 2.18. The zero-order chi connectivity index (χ0) is 7.95. The fraction of sp³-hybridized carbons (Fsp3) is 1.00. The monoisotopic (exact) mass is 175 g/mol. The molecule has 1 N–H and O–H groups in total. The minimum atomic E-state index is -2.73. The van der Waals surface area contributed by atoms with E-state index in [0.29, 0.717) is 18.1 Å². The average molecular weight is 175 g/mol. The molecule has 1 saturated carbocycles. The summed E-state index contributed by atoms with van der Waals surface area (Å²) in [6.07, 6.45) is 2.19. The molecule has 2 aliphatic rings. The topological polar surface area (TPSA) is 46.2 Å². The highest BCUT2D eigenvalue weighted by Crippen LogP contribution is 2.46. The van der Waals surface area contributed by atoms with Crippen LogP contribution in [0.3, 0.4) is 0 Å². The van der Waals surface area contributed by atoms with Crippen LogP contribution < -0.4 is 5.32 Å². The second-order valence-electron chi connectivity index (χ2n) is 3.77. The lowest BCUT2D eigenvalue weighted by Gasteiger charge is -2.08. The van der Waals surface area contributed by atoms with Gasteiger partial charge >= 0.3 is 0 Å². The van der Waals surface area contributed by atoms with E-state index >= 15 is 0 Å². The first-order chi connectivity index (χ1) is 5.12. The maximum Gasteiger partial charge on any atom is 0.152 e. The van der Waals surface area contributed by atoms with Gasteiger partial charge in [-0.1, -0.05) is 0 Å². The molecule has 1 aliphatic carbocycles. The van der Waals surface area contributed by atoms with Crippen LogP contribution in [-0.2, 0) is 9.84 Å². The number of hydrogen-bond donors (Lipinski definition) is 1. The molecule has 0 amide bonds. The molecule has 2 rings (SSSR count). The van der Waals surface area contributed by atoms with Crippen molar-refractivity contribution in [2.24, 2.45) is 5.41 Å². The van der Waals surface area contributed by atoms with Crippen LogP contribution in [0.15, 0.2) is 0 Å². The molecule has 1 heterocycles. The molecule has 2 fully saturated rings. The van der Waals surface area contributed by atoms with Crippen molar-refractivity contribution in [2.45, 2.75) is 12.8 Å². The Bertz CT molecular complexity index is 254. The lowest BCUT2D eigenvalue weighted by atomic mass is 10.1. The summed E-state index contributed by atoms with van der Waals surface area (Å²) in [6.45, 7) is 1.55. The van der Waals surface area contributed by atoms with Gasteiger partial charge in [-0.3, -0.25) is 0 Å². The lowest BCUT2D eigenvalue weighted by molar-refractivity contribution is 0.520. The van der Waals surface area contributed by atoms with Gasteiger partial charge in [0.2, 0.25) is 0 Å². The Morgan fingerprint density at radius 1 is 1.27 bits per heavy atom. The van der Waals surface area contributed by atoms with Gasteiger partial charge in [0, 0.05) is 13.1 Å². The van der Waals surface area contributed by atoms with Crippen molar-refractivity contribution in [2.75, 3.05) is 24.6 Å². The van der Waals surface area contributed by atoms with Crippen molar-refractivity contribution in [1.82, 2.24) is 5.32 Å². The van der Waals surface area contributed by atoms with Crippen LogP contribution in [0.2, 0.25) is 0 Å². The van der Waals surface area contributed by atoms with Gasteiger partial charge in [0.05, 0.1) is 11.5 Å². The van der Waals surface area contributed by atoms with Crippen LogP contribution in [-0.4, -0.2) is 33.0 Å². The molecule has 0 aromatic heterocycles. The minimum absolute atomic E-state index is 0.148. The Labute approximate surface area is 67.1 Å². The Morgan fingerprint density at radius 3 is 2.64 bits per heavy atom. The quantitative estimate of drug-likeness (QED) is 0.554. The Hall–Kier alpha value is -0.0900. The number of rotatable bonds is 0. The number of hydrogen-bond acceptors (Lipinski definition) is 3. The average Bonchev–Trinajstić information content (AvgIpc) is 2.63. The van der Waals surface area contributed by atoms with E-state index in [2.05, 4.69) is 5.32 Å². The fourth-order valence-electron chi connectivity index (χ4n) is 1.67. The van der Waals surface area contributed by atoms with Gasteiger partial charge in [0.1, 0.15) is 0 Å². The SMILES string of the molecule is O=S1(=O)CCNCC2(CC2)C1. The molecule has 11 heavy (non-hydrogen) atoms. The molecule has 1 saturated heterocycles. The molecule has 3 nitrogen and oxygen atoms in total. The van der Waals surface area contributed by atoms with E-state index in [0.717, 1.165) is 19.4 Å². The molecular formula is C7H13NO2S. The van der Waals surface area contributed by atoms with E-state index in [4.69, 9.17) is 0 Å². The third-order valence-electron chi connectivity index (χ3n) is 2.57. The predicted octanol–water partition coefficient (Wildman–Crippen LogP) is -0.215. The van der Waals surface area contributed by atoms with E-state index in [1.165, 1.54) is 0 Å². The largest absolute Gasteiger partial charge is 0.315 e. The van der Waals surface area contributed by atoms with Gasteiger partial charge in [-0.25, -0.2) is 8.42 Å². The minimum Gasteiger partial charge on any atom is -0.315 e. The fourth-order valence-corrected chi connectivity index (χ4v) is 3.59. The normalized spacial score (nSPS) is 33.1. The van der Waals surface area contributed by atoms with Crippen molar-refractivity contribution in [3.05, 3.63) is 0 Å². The van der Waals surface area contributed by atoms with Crippen LogP contribution in [0.1, 0.15) is 12.8 Å². The second kappa shape index (κ2) is 2.20. The van der Waals surface area contributed by atoms with Crippen molar-refractivity contribution < 1.29 is 8.42 Å². The molecule has 0 atom stereocenters. The van der Waals surface area contributed by atoms with E-state index in [-0.39, 0.29) is 5.41 Å². The number of nitrogens with one attached hydrogen (secondary N) is 1. The van der Waals surface area contributed by atoms with Crippen molar-refractivity contribution in [1.29, 1.82) is 0 Å². The Morgan fingerprint density at radius 2 is 2.00 bits per heavy atom. The van der Waals surface area contributed by atoms with E-state index < -0.39 is 9.84 Å². The zero-order valence-corrected chi connectivity index (χ0v) is 7.28. The summed E-state index contributed by atoms with van der Waals surface area (Å²) in [6, 6.07) is 0. The first-order valence-corrected chi connectivity index (χ1v) is 5.85. The third-order valence-corrected chi connectivity index (χ3v) is 4.45. The van der Waals surface area contributed by atoms with Gasteiger partial charge < -0.3 is 5.32 Å². The molecule has 64 valence electrons. The molecule has 1 aliphatic heterocycles. The van der Waals surface area contributed by atoms with Crippen LogP contribution in [0.4, 0.5) is 0 Å². The van der Waals surface area contributed by atoms with Gasteiger partial charge in [-0.2, -0.15) is 0 Å². The summed E-state index contributed by atoms with van der Waals surface area (Å²) in [5.74, 6) is 0.752. The highest BCUT2D eigenvalue weighted by Gasteiger charge is 2.46. The molecule has 0 radical (unpaired) electrons. The summed E-state index contributed by atoms with van der Waals surface area (Å²) in [5.41, 5.74) is 0.148. The molecule has 0 bridgehead atoms. The van der Waals surface area contributed by atoms with Crippen molar-refractivity contribution >= 4 is 9.84 Å². The predicted molar refractivity (Wildman–Crippen MR) is 43.2 cm³/mol. The summed E-state index contributed by atoms with van der Waals surface area (Å²) in [5, 5.41) is 3.18. The van der Waals surface area contributed by atoms with Crippen molar-refractivity contribution in [3.8, 4) is 0 Å². The molecule has 1 spiro atoms. The molecule has 0 unspecified atom stereocenters. The smallest absolute Gasteiger partial charge is 0.152 e. The van der Waals surface area contributed by atoms with E-state index in [1.807, 2.05) is 0 Å². The van der Waals surface area contributed by atoms with Gasteiger partial charge in [0.15, 0.2) is 9.84 Å². The first kappa shape index (κ1) is 7.55. The summed E-state index contributed by atoms with van der Waals surface area (Å²) in [4.78, 5) is 0. The summed E-state index contributed by atoms with van der Waals surface area (Å²) < 4.78 is 22.6. The summed E-state index contributed by atoms with van der Waals surface area (Å²) >= 11 is 0. The van der Waals surface area contributed by atoms with Crippen LogP contribution in [0.5, 0.6) is 0 Å². The third kappa shape index (κ3) is 1.56. The molecule has 4 heteroatoms. The Kier molecular flexibility index (Phi) is 1.51. The second-order valence-corrected chi connectivity index (χ2v) is 5.95. The first-order valence-electron chi connectivity index (χ1n) is 4.03. The van der Waals surface area contributed by atoms with Crippen LogP contribution in [0.25, 0.3) is 0 Å². The van der Waals surface area contributed by atoms with E-state index in [1.54, 1.807) is 0 Å². The summed E-state index contributed by atoms with van der Waals surface area (Å²) in [7, 11) is -2.73. The molecule has 0 aromatic carbocycles. The maximum absolute atomic E-state index is 11.3. The molecule has 0 aromatic rings. The molecular weight excluding hydrogens is 162 g/mol. The maximum atomic E-state index is 11.3. The highest BCUT2D eigenvalue weighted by molar-refractivity contribution is 7.91. The van der Waals surface area contributed by atoms with Gasteiger partial charge in [-0.05, 0) is 18.3 Å². The van der Waals surface area contributed by atoms with Gasteiger partial charge in [-0.15, -0.1) is 0 Å². The van der Waals surface area contributed by atoms with E-state index in [9.17, 15) is 8.42 Å². The zero-order valence-electron chi connectivity index (χ0n) is 6.47.